The van der Waals surface area contributed by atoms with Gasteiger partial charge in [-0.2, -0.15) is 4.31 Å². The molecule has 2 fully saturated rings. The molecule has 0 aromatic heterocycles. The van der Waals surface area contributed by atoms with E-state index in [0.717, 1.165) is 44.1 Å². The van der Waals surface area contributed by atoms with E-state index in [4.69, 9.17) is 4.74 Å². The van der Waals surface area contributed by atoms with E-state index in [1.807, 2.05) is 0 Å². The van der Waals surface area contributed by atoms with E-state index >= 15 is 0 Å². The van der Waals surface area contributed by atoms with Crippen LogP contribution in [0.1, 0.15) is 32.1 Å². The molecule has 2 heterocycles. The van der Waals surface area contributed by atoms with E-state index in [1.165, 1.54) is 4.31 Å². The minimum absolute atomic E-state index is 0.216. The van der Waals surface area contributed by atoms with Crippen LogP contribution in [0.4, 0.5) is 0 Å². The zero-order chi connectivity index (χ0) is 11.6. The van der Waals surface area contributed by atoms with E-state index < -0.39 is 10.0 Å². The third-order valence-electron chi connectivity index (χ3n) is 3.51. The molecule has 0 bridgehead atoms. The van der Waals surface area contributed by atoms with Crippen LogP contribution in [0.5, 0.6) is 0 Å². The minimum Gasteiger partial charge on any atom is -0.374 e. The molecular formula is C11H19NO3S. The highest BCUT2D eigenvalue weighted by Gasteiger charge is 2.40. The molecule has 0 aliphatic carbocycles. The first-order valence-electron chi connectivity index (χ1n) is 5.85. The lowest BCUT2D eigenvalue weighted by Gasteiger charge is -2.43. The van der Waals surface area contributed by atoms with Crippen LogP contribution in [0.2, 0.25) is 0 Å². The molecule has 0 radical (unpaired) electrons. The second kappa shape index (κ2) is 4.47. The summed E-state index contributed by atoms with van der Waals surface area (Å²) in [7, 11) is -3.28. The lowest BCUT2D eigenvalue weighted by atomic mass is 9.87. The molecule has 0 aromatic rings. The molecule has 0 saturated carbocycles. The number of rotatable bonds is 2. The van der Waals surface area contributed by atoms with Crippen molar-refractivity contribution in [2.45, 2.75) is 37.7 Å². The monoisotopic (exact) mass is 245 g/mol. The molecule has 2 rings (SSSR count). The summed E-state index contributed by atoms with van der Waals surface area (Å²) in [5, 5.41) is 1.04. The summed E-state index contributed by atoms with van der Waals surface area (Å²) in [5.41, 5.74) is -0.216. The van der Waals surface area contributed by atoms with Crippen LogP contribution in [-0.2, 0) is 14.8 Å². The summed E-state index contributed by atoms with van der Waals surface area (Å²) in [6.45, 7) is 5.23. The molecule has 0 aromatic carbocycles. The average molecular weight is 245 g/mol. The predicted octanol–water partition coefficient (Wildman–Crippen LogP) is 1.49. The fraction of sp³-hybridized carbons (Fsp3) is 0.818. The van der Waals surface area contributed by atoms with Gasteiger partial charge in [-0.1, -0.05) is 6.58 Å². The third kappa shape index (κ3) is 2.31. The van der Waals surface area contributed by atoms with Crippen molar-refractivity contribution in [1.82, 2.24) is 4.31 Å². The Kier molecular flexibility index (Phi) is 3.37. The summed E-state index contributed by atoms with van der Waals surface area (Å²) in [6, 6.07) is 0. The molecule has 0 amide bonds. The van der Waals surface area contributed by atoms with Gasteiger partial charge >= 0.3 is 0 Å². The van der Waals surface area contributed by atoms with Crippen molar-refractivity contribution in [2.24, 2.45) is 0 Å². The van der Waals surface area contributed by atoms with Crippen molar-refractivity contribution >= 4 is 10.0 Å². The van der Waals surface area contributed by atoms with Gasteiger partial charge in [-0.25, -0.2) is 8.42 Å². The van der Waals surface area contributed by atoms with Crippen LogP contribution in [-0.4, -0.2) is 38.0 Å². The fourth-order valence-electron chi connectivity index (χ4n) is 2.61. The van der Waals surface area contributed by atoms with Gasteiger partial charge in [0.25, 0.3) is 0 Å². The maximum absolute atomic E-state index is 11.7. The van der Waals surface area contributed by atoms with Crippen molar-refractivity contribution in [3.63, 3.8) is 0 Å². The Labute approximate surface area is 97.3 Å². The first-order chi connectivity index (χ1) is 7.58. The molecule has 0 N–H and O–H groups in total. The van der Waals surface area contributed by atoms with E-state index in [1.54, 1.807) is 0 Å². The molecule has 1 atom stereocenters. The van der Waals surface area contributed by atoms with Crippen molar-refractivity contribution in [2.75, 3.05) is 19.7 Å². The second-order valence-corrected chi connectivity index (χ2v) is 6.52. The molecule has 16 heavy (non-hydrogen) atoms. The van der Waals surface area contributed by atoms with Gasteiger partial charge in [0.15, 0.2) is 0 Å². The average Bonchev–Trinajstić information content (AvgIpc) is 2.30. The molecule has 4 nitrogen and oxygen atoms in total. The van der Waals surface area contributed by atoms with Gasteiger partial charge in [0.2, 0.25) is 10.0 Å². The third-order valence-corrected chi connectivity index (χ3v) is 4.96. The summed E-state index contributed by atoms with van der Waals surface area (Å²) in [6.07, 6.45) is 5.08. The van der Waals surface area contributed by atoms with Gasteiger partial charge < -0.3 is 4.74 Å². The van der Waals surface area contributed by atoms with Crippen LogP contribution in [0, 0.1) is 0 Å². The van der Waals surface area contributed by atoms with Crippen LogP contribution in [0.25, 0.3) is 0 Å². The van der Waals surface area contributed by atoms with Gasteiger partial charge in [-0.05, 0) is 32.1 Å². The quantitative estimate of drug-likeness (QED) is 0.740. The van der Waals surface area contributed by atoms with Crippen LogP contribution >= 0.6 is 0 Å². The van der Waals surface area contributed by atoms with Gasteiger partial charge in [0, 0.05) is 25.1 Å². The smallest absolute Gasteiger partial charge is 0.235 e. The van der Waals surface area contributed by atoms with Gasteiger partial charge in [0.05, 0.1) is 5.60 Å². The summed E-state index contributed by atoms with van der Waals surface area (Å²) in [5.74, 6) is 0. The Bertz CT molecular complexity index is 352. The maximum Gasteiger partial charge on any atom is 0.235 e. The topological polar surface area (TPSA) is 46.6 Å². The zero-order valence-electron chi connectivity index (χ0n) is 9.52. The van der Waals surface area contributed by atoms with Crippen molar-refractivity contribution in [3.05, 3.63) is 12.0 Å². The van der Waals surface area contributed by atoms with Crippen LogP contribution in [0.15, 0.2) is 12.0 Å². The second-order valence-electron chi connectivity index (χ2n) is 4.64. The Morgan fingerprint density at radius 3 is 2.62 bits per heavy atom. The number of ether oxygens (including phenoxy) is 1. The SMILES string of the molecule is C=CS(=O)(=O)N1CCCC2(CCCCO2)C1. The highest BCUT2D eigenvalue weighted by Crippen LogP contribution is 2.34. The molecule has 2 aliphatic heterocycles. The molecule has 92 valence electrons. The zero-order valence-corrected chi connectivity index (χ0v) is 10.3. The van der Waals surface area contributed by atoms with Crippen molar-refractivity contribution in [3.8, 4) is 0 Å². The van der Waals surface area contributed by atoms with Crippen molar-refractivity contribution in [1.29, 1.82) is 0 Å². The summed E-state index contributed by atoms with van der Waals surface area (Å²) < 4.78 is 30.8. The first kappa shape index (κ1) is 12.1. The number of hydrogen-bond acceptors (Lipinski definition) is 3. The molecule has 5 heteroatoms. The van der Waals surface area contributed by atoms with Gasteiger partial charge in [0.1, 0.15) is 0 Å². The first-order valence-corrected chi connectivity index (χ1v) is 7.35. The van der Waals surface area contributed by atoms with E-state index in [2.05, 4.69) is 6.58 Å². The normalized spacial score (nSPS) is 32.8. The van der Waals surface area contributed by atoms with Gasteiger partial charge in [-0.15, -0.1) is 0 Å². The highest BCUT2D eigenvalue weighted by atomic mass is 32.2. The fourth-order valence-corrected chi connectivity index (χ4v) is 3.62. The number of sulfonamides is 1. The van der Waals surface area contributed by atoms with Crippen molar-refractivity contribution < 1.29 is 13.2 Å². The highest BCUT2D eigenvalue weighted by molar-refractivity contribution is 7.92. The molecule has 1 spiro atoms. The summed E-state index contributed by atoms with van der Waals surface area (Å²) >= 11 is 0. The van der Waals surface area contributed by atoms with Crippen LogP contribution in [0.3, 0.4) is 0 Å². The Morgan fingerprint density at radius 1 is 1.25 bits per heavy atom. The number of hydrogen-bond donors (Lipinski definition) is 0. The maximum atomic E-state index is 11.7. The molecule has 1 unspecified atom stereocenters. The van der Waals surface area contributed by atoms with E-state index in [9.17, 15) is 8.42 Å². The Morgan fingerprint density at radius 2 is 2.00 bits per heavy atom. The largest absolute Gasteiger partial charge is 0.374 e. The standard InChI is InChI=1S/C11H19NO3S/c1-2-16(13,14)12-8-5-7-11(10-12)6-3-4-9-15-11/h2H,1,3-10H2. The molecule has 2 aliphatic rings. The summed E-state index contributed by atoms with van der Waals surface area (Å²) in [4.78, 5) is 0. The Hall–Kier alpha value is -0.390. The number of piperidine rings is 1. The van der Waals surface area contributed by atoms with Gasteiger partial charge in [-0.3, -0.25) is 0 Å². The molecule has 2 saturated heterocycles. The van der Waals surface area contributed by atoms with Crippen LogP contribution < -0.4 is 0 Å². The van der Waals surface area contributed by atoms with E-state index in [0.29, 0.717) is 13.1 Å². The lowest BCUT2D eigenvalue weighted by molar-refractivity contribution is -0.104. The predicted molar refractivity (Wildman–Crippen MR) is 62.5 cm³/mol. The molecular weight excluding hydrogens is 226 g/mol. The minimum atomic E-state index is -3.28. The lowest BCUT2D eigenvalue weighted by Crippen LogP contribution is -2.52. The Balaban J connectivity index is 2.12. The number of nitrogens with zero attached hydrogens (tertiary/aromatic N) is 1. The van der Waals surface area contributed by atoms with E-state index in [-0.39, 0.29) is 5.60 Å².